The van der Waals surface area contributed by atoms with Crippen molar-refractivity contribution in [2.45, 2.75) is 25.4 Å². The zero-order valence-electron chi connectivity index (χ0n) is 11.3. The lowest BCUT2D eigenvalue weighted by Crippen LogP contribution is -2.24. The molecule has 0 aliphatic carbocycles. The van der Waals surface area contributed by atoms with E-state index in [9.17, 15) is 4.79 Å². The minimum absolute atomic E-state index is 0.231. The highest BCUT2D eigenvalue weighted by Gasteiger charge is 2.21. The van der Waals surface area contributed by atoms with Crippen LogP contribution in [0, 0.1) is 0 Å². The summed E-state index contributed by atoms with van der Waals surface area (Å²) in [6, 6.07) is 7.58. The molecule has 0 N–H and O–H groups in total. The molecule has 1 aromatic carbocycles. The molecule has 2 rings (SSSR count). The lowest BCUT2D eigenvalue weighted by molar-refractivity contribution is 0.0969. The van der Waals surface area contributed by atoms with Crippen molar-refractivity contribution < 1.29 is 9.53 Å². The van der Waals surface area contributed by atoms with Crippen molar-refractivity contribution >= 4 is 21.7 Å². The lowest BCUT2D eigenvalue weighted by atomic mass is 10.1. The van der Waals surface area contributed by atoms with Gasteiger partial charge in [0, 0.05) is 36.7 Å². The second-order valence-electron chi connectivity index (χ2n) is 4.98. The Labute approximate surface area is 123 Å². The van der Waals surface area contributed by atoms with E-state index in [0.717, 1.165) is 42.5 Å². The minimum atomic E-state index is 0.231. The average Bonchev–Trinajstić information content (AvgIpc) is 2.87. The van der Waals surface area contributed by atoms with Crippen molar-refractivity contribution in [2.24, 2.45) is 0 Å². The van der Waals surface area contributed by atoms with E-state index in [1.54, 1.807) is 7.11 Å². The van der Waals surface area contributed by atoms with Gasteiger partial charge < -0.3 is 9.64 Å². The Morgan fingerprint density at radius 1 is 1.42 bits per heavy atom. The number of ether oxygens (including phenoxy) is 1. The van der Waals surface area contributed by atoms with Crippen molar-refractivity contribution in [1.82, 2.24) is 4.90 Å². The number of Topliss-reactive ketones (excluding diaryl/α,β-unsaturated/α-hetero) is 1. The molecule has 1 saturated heterocycles. The number of likely N-dealkylation sites (tertiary alicyclic amines) is 1. The zero-order chi connectivity index (χ0) is 13.7. The molecule has 104 valence electrons. The van der Waals surface area contributed by atoms with Gasteiger partial charge in [0.15, 0.2) is 5.78 Å². The van der Waals surface area contributed by atoms with Gasteiger partial charge in [-0.3, -0.25) is 4.79 Å². The number of rotatable bonds is 6. The summed E-state index contributed by atoms with van der Waals surface area (Å²) in [4.78, 5) is 14.4. The molecule has 0 radical (unpaired) electrons. The Kier molecular flexibility index (Phi) is 5.55. The van der Waals surface area contributed by atoms with Crippen LogP contribution >= 0.6 is 15.9 Å². The van der Waals surface area contributed by atoms with Gasteiger partial charge in [-0.25, -0.2) is 0 Å². The minimum Gasteiger partial charge on any atom is -0.380 e. The van der Waals surface area contributed by atoms with E-state index in [1.807, 2.05) is 24.3 Å². The standard InChI is InChI=1S/C15H20BrNO2/c1-19-14-8-10-17(11-14)9-2-3-15(18)12-4-6-13(16)7-5-12/h4-7,14H,2-3,8-11H2,1H3. The Hall–Kier alpha value is -0.710. The highest BCUT2D eigenvalue weighted by Crippen LogP contribution is 2.15. The maximum Gasteiger partial charge on any atom is 0.162 e. The van der Waals surface area contributed by atoms with E-state index < -0.39 is 0 Å². The van der Waals surface area contributed by atoms with Gasteiger partial charge in [0.05, 0.1) is 6.10 Å². The molecule has 1 aliphatic rings. The van der Waals surface area contributed by atoms with Gasteiger partial charge in [-0.2, -0.15) is 0 Å². The first-order valence-corrected chi connectivity index (χ1v) is 7.52. The van der Waals surface area contributed by atoms with Crippen LogP contribution in [0.4, 0.5) is 0 Å². The molecular formula is C15H20BrNO2. The fourth-order valence-corrected chi connectivity index (χ4v) is 2.70. The number of hydrogen-bond donors (Lipinski definition) is 0. The summed E-state index contributed by atoms with van der Waals surface area (Å²) in [5, 5.41) is 0. The Morgan fingerprint density at radius 2 is 2.16 bits per heavy atom. The topological polar surface area (TPSA) is 29.5 Å². The maximum atomic E-state index is 12.0. The molecule has 1 fully saturated rings. The fourth-order valence-electron chi connectivity index (χ4n) is 2.44. The third-order valence-corrected chi connectivity index (χ3v) is 4.14. The number of carbonyl (C=O) groups excluding carboxylic acids is 1. The Balaban J connectivity index is 1.71. The average molecular weight is 326 g/mol. The van der Waals surface area contributed by atoms with Crippen molar-refractivity contribution in [3.63, 3.8) is 0 Å². The number of benzene rings is 1. The van der Waals surface area contributed by atoms with Gasteiger partial charge in [0.2, 0.25) is 0 Å². The van der Waals surface area contributed by atoms with Crippen molar-refractivity contribution in [1.29, 1.82) is 0 Å². The second kappa shape index (κ2) is 7.17. The number of halogens is 1. The largest absolute Gasteiger partial charge is 0.380 e. The van der Waals surface area contributed by atoms with Gasteiger partial charge in [0.1, 0.15) is 0 Å². The van der Waals surface area contributed by atoms with E-state index in [1.165, 1.54) is 0 Å². The van der Waals surface area contributed by atoms with Gasteiger partial charge in [-0.1, -0.05) is 28.1 Å². The number of nitrogens with zero attached hydrogens (tertiary/aromatic N) is 1. The van der Waals surface area contributed by atoms with E-state index in [4.69, 9.17) is 4.74 Å². The van der Waals surface area contributed by atoms with Crippen LogP contribution in [0.5, 0.6) is 0 Å². The number of hydrogen-bond acceptors (Lipinski definition) is 3. The lowest BCUT2D eigenvalue weighted by Gasteiger charge is -2.14. The van der Waals surface area contributed by atoms with Crippen LogP contribution in [0.15, 0.2) is 28.7 Å². The van der Waals surface area contributed by atoms with Crippen LogP contribution in [0.1, 0.15) is 29.6 Å². The number of methoxy groups -OCH3 is 1. The van der Waals surface area contributed by atoms with E-state index in [2.05, 4.69) is 20.8 Å². The van der Waals surface area contributed by atoms with E-state index in [-0.39, 0.29) is 5.78 Å². The third kappa shape index (κ3) is 4.41. The molecule has 1 aromatic rings. The van der Waals surface area contributed by atoms with Gasteiger partial charge in [-0.15, -0.1) is 0 Å². The predicted octanol–water partition coefficient (Wildman–Crippen LogP) is 3.13. The molecule has 19 heavy (non-hydrogen) atoms. The quantitative estimate of drug-likeness (QED) is 0.752. The summed E-state index contributed by atoms with van der Waals surface area (Å²) < 4.78 is 6.34. The molecule has 0 spiro atoms. The maximum absolute atomic E-state index is 12.0. The number of ketones is 1. The first-order chi connectivity index (χ1) is 9.19. The molecule has 0 saturated carbocycles. The highest BCUT2D eigenvalue weighted by molar-refractivity contribution is 9.10. The molecule has 3 nitrogen and oxygen atoms in total. The van der Waals surface area contributed by atoms with Crippen molar-refractivity contribution in [3.05, 3.63) is 34.3 Å². The fraction of sp³-hybridized carbons (Fsp3) is 0.533. The van der Waals surface area contributed by atoms with Crippen LogP contribution in [0.2, 0.25) is 0 Å². The molecule has 0 amide bonds. The smallest absolute Gasteiger partial charge is 0.162 e. The molecule has 1 unspecified atom stereocenters. The summed E-state index contributed by atoms with van der Waals surface area (Å²) in [6.45, 7) is 3.08. The monoisotopic (exact) mass is 325 g/mol. The summed E-state index contributed by atoms with van der Waals surface area (Å²) in [5.74, 6) is 0.231. The predicted molar refractivity (Wildman–Crippen MR) is 79.6 cm³/mol. The zero-order valence-corrected chi connectivity index (χ0v) is 12.9. The Bertz CT molecular complexity index is 419. The van der Waals surface area contributed by atoms with Crippen LogP contribution in [0.3, 0.4) is 0 Å². The SMILES string of the molecule is COC1CCN(CCCC(=O)c2ccc(Br)cc2)C1. The van der Waals surface area contributed by atoms with Gasteiger partial charge in [0.25, 0.3) is 0 Å². The molecule has 0 bridgehead atoms. The second-order valence-corrected chi connectivity index (χ2v) is 5.90. The summed E-state index contributed by atoms with van der Waals surface area (Å²) >= 11 is 3.37. The number of carbonyl (C=O) groups is 1. The first kappa shape index (κ1) is 14.7. The van der Waals surface area contributed by atoms with Crippen molar-refractivity contribution in [3.8, 4) is 0 Å². The van der Waals surface area contributed by atoms with Crippen molar-refractivity contribution in [2.75, 3.05) is 26.7 Å². The van der Waals surface area contributed by atoms with Crippen LogP contribution in [0.25, 0.3) is 0 Å². The first-order valence-electron chi connectivity index (χ1n) is 6.73. The summed E-state index contributed by atoms with van der Waals surface area (Å²) in [7, 11) is 1.77. The normalized spacial score (nSPS) is 19.8. The molecular weight excluding hydrogens is 306 g/mol. The van der Waals surface area contributed by atoms with Crippen LogP contribution in [-0.4, -0.2) is 43.5 Å². The molecule has 1 heterocycles. The highest BCUT2D eigenvalue weighted by atomic mass is 79.9. The molecule has 1 aliphatic heterocycles. The molecule has 1 atom stereocenters. The summed E-state index contributed by atoms with van der Waals surface area (Å²) in [5.41, 5.74) is 0.805. The Morgan fingerprint density at radius 3 is 2.79 bits per heavy atom. The van der Waals surface area contributed by atoms with E-state index in [0.29, 0.717) is 12.5 Å². The van der Waals surface area contributed by atoms with E-state index >= 15 is 0 Å². The summed E-state index contributed by atoms with van der Waals surface area (Å²) in [6.07, 6.45) is 3.03. The third-order valence-electron chi connectivity index (χ3n) is 3.61. The molecule has 4 heteroatoms. The van der Waals surface area contributed by atoms with Gasteiger partial charge >= 0.3 is 0 Å². The van der Waals surface area contributed by atoms with Crippen LogP contribution in [-0.2, 0) is 4.74 Å². The molecule has 0 aromatic heterocycles. The van der Waals surface area contributed by atoms with Crippen LogP contribution < -0.4 is 0 Å². The van der Waals surface area contributed by atoms with Gasteiger partial charge in [-0.05, 0) is 31.5 Å².